The molecule has 2 aliphatic heterocycles. The molecule has 5 rings (SSSR count). The number of anilines is 1. The molecule has 2 atom stereocenters. The molecule has 36 heavy (non-hydrogen) atoms. The van der Waals surface area contributed by atoms with Gasteiger partial charge in [0.05, 0.1) is 32.3 Å². The van der Waals surface area contributed by atoms with Crippen LogP contribution in [-0.2, 0) is 16.0 Å². The third-order valence-corrected chi connectivity index (χ3v) is 8.03. The molecule has 2 unspecified atom stereocenters. The maximum atomic E-state index is 14.6. The fourth-order valence-electron chi connectivity index (χ4n) is 5.32. The van der Waals surface area contributed by atoms with Crippen LogP contribution < -0.4 is 9.64 Å². The van der Waals surface area contributed by atoms with E-state index in [2.05, 4.69) is 28.9 Å². The lowest BCUT2D eigenvalue weighted by atomic mass is 9.90. The summed E-state index contributed by atoms with van der Waals surface area (Å²) in [7, 11) is 1.75. The lowest BCUT2D eigenvalue weighted by molar-refractivity contribution is -0.141. The van der Waals surface area contributed by atoms with Crippen molar-refractivity contribution in [3.63, 3.8) is 0 Å². The summed E-state index contributed by atoms with van der Waals surface area (Å²) in [6.07, 6.45) is 4.59. The van der Waals surface area contributed by atoms with Crippen LogP contribution in [0.5, 0.6) is 5.75 Å². The zero-order valence-electron chi connectivity index (χ0n) is 21.5. The van der Waals surface area contributed by atoms with Crippen LogP contribution in [0.25, 0.3) is 0 Å². The number of amides is 1. The van der Waals surface area contributed by atoms with Gasteiger partial charge in [0.2, 0.25) is 5.91 Å². The number of nitrogens with zero attached hydrogens (tertiary/aromatic N) is 4. The van der Waals surface area contributed by atoms with E-state index in [4.69, 9.17) is 14.0 Å². The summed E-state index contributed by atoms with van der Waals surface area (Å²) in [6.45, 7) is 7.75. The predicted octanol–water partition coefficient (Wildman–Crippen LogP) is 4.05. The largest absolute Gasteiger partial charge is 0.493 e. The van der Waals surface area contributed by atoms with Gasteiger partial charge < -0.3 is 23.8 Å². The van der Waals surface area contributed by atoms with Crippen molar-refractivity contribution in [3.8, 4) is 5.75 Å². The summed E-state index contributed by atoms with van der Waals surface area (Å²) in [6, 6.07) is 5.58. The van der Waals surface area contributed by atoms with Gasteiger partial charge in [-0.3, -0.25) is 4.79 Å². The van der Waals surface area contributed by atoms with Crippen molar-refractivity contribution >= 4 is 11.9 Å². The second-order valence-corrected chi connectivity index (χ2v) is 10.8. The van der Waals surface area contributed by atoms with Gasteiger partial charge in [0, 0.05) is 32.1 Å². The Morgan fingerprint density at radius 1 is 1.28 bits per heavy atom. The van der Waals surface area contributed by atoms with E-state index < -0.39 is 5.82 Å². The van der Waals surface area contributed by atoms with Crippen molar-refractivity contribution in [2.75, 3.05) is 44.9 Å². The number of aromatic nitrogens is 2. The lowest BCUT2D eigenvalue weighted by Crippen LogP contribution is -2.50. The fourth-order valence-corrected chi connectivity index (χ4v) is 5.32. The molecule has 2 aromatic rings. The minimum absolute atomic E-state index is 0.0487. The van der Waals surface area contributed by atoms with Crippen molar-refractivity contribution in [1.29, 1.82) is 0 Å². The molecule has 3 aliphatic rings. The standard InChI is InChI=1S/C27H37FN4O4/c1-17(2)26-29-27(36-30-26)32-9-6-18(7-10-32)23-12-19(23)8-11-35-22-5-4-20(24(28)14-22)13-25(33)31(3)21-15-34-16-21/h4-5,14,17-19,21,23H,6-13,15-16H2,1-3H3. The number of likely N-dealkylation sites (N-methyl/N-ethyl adjacent to an activating group) is 1. The van der Waals surface area contributed by atoms with E-state index >= 15 is 0 Å². The van der Waals surface area contributed by atoms with E-state index in [1.165, 1.54) is 12.5 Å². The van der Waals surface area contributed by atoms with Gasteiger partial charge in [-0.1, -0.05) is 25.1 Å². The van der Waals surface area contributed by atoms with Crippen molar-refractivity contribution in [1.82, 2.24) is 15.0 Å². The Morgan fingerprint density at radius 2 is 2.06 bits per heavy atom. The molecule has 1 amide bonds. The quantitative estimate of drug-likeness (QED) is 0.487. The van der Waals surface area contributed by atoms with Crippen LogP contribution in [0.4, 0.5) is 10.4 Å². The van der Waals surface area contributed by atoms with Gasteiger partial charge in [0.1, 0.15) is 11.6 Å². The van der Waals surface area contributed by atoms with Gasteiger partial charge in [-0.15, -0.1) is 0 Å². The molecule has 9 heteroatoms. The van der Waals surface area contributed by atoms with E-state index in [9.17, 15) is 9.18 Å². The number of hydrogen-bond donors (Lipinski definition) is 0. The number of hydrogen-bond acceptors (Lipinski definition) is 7. The zero-order valence-corrected chi connectivity index (χ0v) is 21.5. The monoisotopic (exact) mass is 500 g/mol. The Kier molecular flexibility index (Phi) is 7.46. The Balaban J connectivity index is 1.02. The number of piperidine rings is 1. The average molecular weight is 501 g/mol. The van der Waals surface area contributed by atoms with Crippen LogP contribution in [0.1, 0.15) is 56.8 Å². The van der Waals surface area contributed by atoms with Crippen LogP contribution in [0.3, 0.4) is 0 Å². The molecular weight excluding hydrogens is 463 g/mol. The SMILES string of the molecule is CC(C)c1noc(N2CCC(C3CC3CCOc3ccc(CC(=O)N(C)C4COC4)c(F)c3)CC2)n1. The van der Waals surface area contributed by atoms with E-state index in [1.807, 2.05) is 0 Å². The molecule has 196 valence electrons. The third-order valence-electron chi connectivity index (χ3n) is 8.03. The van der Waals surface area contributed by atoms with Gasteiger partial charge in [-0.2, -0.15) is 4.98 Å². The lowest BCUT2D eigenvalue weighted by Gasteiger charge is -2.34. The molecule has 1 aromatic carbocycles. The fraction of sp³-hybridized carbons (Fsp3) is 0.667. The van der Waals surface area contributed by atoms with Crippen molar-refractivity contribution in [2.24, 2.45) is 17.8 Å². The third kappa shape index (κ3) is 5.66. The number of carbonyl (C=O) groups is 1. The molecule has 8 nitrogen and oxygen atoms in total. The Bertz CT molecular complexity index is 1050. The summed E-state index contributed by atoms with van der Waals surface area (Å²) in [4.78, 5) is 20.8. The summed E-state index contributed by atoms with van der Waals surface area (Å²) < 4.78 is 31.0. The molecule has 3 fully saturated rings. The first-order chi connectivity index (χ1) is 17.4. The normalized spacial score (nSPS) is 22.5. The molecular formula is C27H37FN4O4. The highest BCUT2D eigenvalue weighted by Crippen LogP contribution is 2.50. The minimum atomic E-state index is -0.392. The van der Waals surface area contributed by atoms with Gasteiger partial charge in [-0.05, 0) is 55.1 Å². The molecule has 0 radical (unpaired) electrons. The van der Waals surface area contributed by atoms with E-state index in [1.54, 1.807) is 24.1 Å². The zero-order chi connectivity index (χ0) is 25.2. The number of rotatable bonds is 10. The average Bonchev–Trinajstić information content (AvgIpc) is 3.42. The topological polar surface area (TPSA) is 80.9 Å². The van der Waals surface area contributed by atoms with Crippen LogP contribution in [0.15, 0.2) is 22.7 Å². The first-order valence-electron chi connectivity index (χ1n) is 13.2. The van der Waals surface area contributed by atoms with Crippen LogP contribution in [-0.4, -0.2) is 66.9 Å². The Labute approximate surface area is 212 Å². The Morgan fingerprint density at radius 3 is 2.69 bits per heavy atom. The first kappa shape index (κ1) is 25.0. The molecule has 0 spiro atoms. The maximum Gasteiger partial charge on any atom is 0.324 e. The molecule has 1 saturated carbocycles. The van der Waals surface area contributed by atoms with Gasteiger partial charge >= 0.3 is 6.01 Å². The number of ether oxygens (including phenoxy) is 2. The molecule has 0 N–H and O–H groups in total. The van der Waals surface area contributed by atoms with Gasteiger partial charge in [-0.25, -0.2) is 4.39 Å². The van der Waals surface area contributed by atoms with Crippen molar-refractivity contribution in [3.05, 3.63) is 35.4 Å². The van der Waals surface area contributed by atoms with Crippen LogP contribution in [0.2, 0.25) is 0 Å². The first-order valence-corrected chi connectivity index (χ1v) is 13.2. The smallest absolute Gasteiger partial charge is 0.324 e. The number of carbonyl (C=O) groups excluding carboxylic acids is 1. The van der Waals surface area contributed by atoms with E-state index in [-0.39, 0.29) is 24.3 Å². The molecule has 3 heterocycles. The van der Waals surface area contributed by atoms with E-state index in [0.29, 0.717) is 43.1 Å². The molecule has 1 aliphatic carbocycles. The van der Waals surface area contributed by atoms with E-state index in [0.717, 1.165) is 50.0 Å². The van der Waals surface area contributed by atoms with Crippen LogP contribution >= 0.6 is 0 Å². The molecule has 1 aromatic heterocycles. The summed E-state index contributed by atoms with van der Waals surface area (Å²) in [5, 5.41) is 4.08. The number of benzene rings is 1. The highest BCUT2D eigenvalue weighted by atomic mass is 19.1. The van der Waals surface area contributed by atoms with Crippen molar-refractivity contribution in [2.45, 2.75) is 57.9 Å². The summed E-state index contributed by atoms with van der Waals surface area (Å²) in [5.74, 6) is 3.25. The highest BCUT2D eigenvalue weighted by Gasteiger charge is 2.43. The molecule has 2 saturated heterocycles. The van der Waals surface area contributed by atoms with Gasteiger partial charge in [0.15, 0.2) is 5.82 Å². The minimum Gasteiger partial charge on any atom is -0.493 e. The Hall–Kier alpha value is -2.68. The number of halogens is 1. The van der Waals surface area contributed by atoms with Gasteiger partial charge in [0.25, 0.3) is 0 Å². The van der Waals surface area contributed by atoms with Crippen LogP contribution in [0, 0.1) is 23.6 Å². The van der Waals surface area contributed by atoms with Crippen molar-refractivity contribution < 1.29 is 23.2 Å². The second kappa shape index (κ2) is 10.7. The maximum absolute atomic E-state index is 14.6. The highest BCUT2D eigenvalue weighted by molar-refractivity contribution is 5.79. The summed E-state index contributed by atoms with van der Waals surface area (Å²) >= 11 is 0. The predicted molar refractivity (Wildman–Crippen MR) is 133 cm³/mol. The summed E-state index contributed by atoms with van der Waals surface area (Å²) in [5.41, 5.74) is 0.397. The molecule has 0 bridgehead atoms. The second-order valence-electron chi connectivity index (χ2n) is 10.8.